The van der Waals surface area contributed by atoms with Crippen molar-refractivity contribution in [2.45, 2.75) is 0 Å². The van der Waals surface area contributed by atoms with Crippen LogP contribution in [0.5, 0.6) is 0 Å². The van der Waals surface area contributed by atoms with E-state index in [0.717, 1.165) is 31.4 Å². The van der Waals surface area contributed by atoms with Crippen LogP contribution in [-0.4, -0.2) is 13.4 Å². The summed E-state index contributed by atoms with van der Waals surface area (Å²) in [5.41, 5.74) is 2.65. The fourth-order valence-electron chi connectivity index (χ4n) is 1.40. The maximum absolute atomic E-state index is 10.7. The Kier molecular flexibility index (Phi) is 3.16. The first-order chi connectivity index (χ1) is 7.24. The third kappa shape index (κ3) is 2.10. The van der Waals surface area contributed by atoms with Gasteiger partial charge in [-0.2, -0.15) is 5.48 Å². The number of nitrogens with two attached hydrogens (primary N) is 1. The SMILES string of the molecule is CO[NH2+]c1cc(Br)c2cc(C=O)sc2c1. The van der Waals surface area contributed by atoms with Crippen molar-refractivity contribution in [2.24, 2.45) is 0 Å². The maximum Gasteiger partial charge on any atom is 0.164 e. The lowest BCUT2D eigenvalue weighted by molar-refractivity contribution is -0.830. The number of benzene rings is 1. The molecule has 0 spiro atoms. The van der Waals surface area contributed by atoms with Gasteiger partial charge in [0.25, 0.3) is 0 Å². The minimum atomic E-state index is 0.736. The summed E-state index contributed by atoms with van der Waals surface area (Å²) in [7, 11) is 1.61. The number of aldehydes is 1. The highest BCUT2D eigenvalue weighted by atomic mass is 79.9. The van der Waals surface area contributed by atoms with Crippen molar-refractivity contribution < 1.29 is 15.1 Å². The number of fused-ring (bicyclic) bond motifs is 1. The summed E-state index contributed by atoms with van der Waals surface area (Å²) in [6, 6.07) is 5.85. The van der Waals surface area contributed by atoms with E-state index in [1.54, 1.807) is 12.6 Å². The number of hydrogen-bond donors (Lipinski definition) is 1. The van der Waals surface area contributed by atoms with Crippen LogP contribution in [0.25, 0.3) is 10.1 Å². The predicted molar refractivity (Wildman–Crippen MR) is 63.5 cm³/mol. The summed E-state index contributed by atoms with van der Waals surface area (Å²) in [5, 5.41) is 1.07. The first-order valence-corrected chi connectivity index (χ1v) is 5.90. The zero-order chi connectivity index (χ0) is 10.8. The molecule has 0 saturated heterocycles. The van der Waals surface area contributed by atoms with E-state index in [0.29, 0.717) is 0 Å². The molecule has 78 valence electrons. The Morgan fingerprint density at radius 1 is 1.47 bits per heavy atom. The van der Waals surface area contributed by atoms with Crippen molar-refractivity contribution in [3.8, 4) is 0 Å². The molecule has 0 aliphatic heterocycles. The zero-order valence-corrected chi connectivity index (χ0v) is 10.4. The molecule has 2 rings (SSSR count). The number of carbonyl (C=O) groups excluding carboxylic acids is 1. The summed E-state index contributed by atoms with van der Waals surface area (Å²) in [4.78, 5) is 16.4. The van der Waals surface area contributed by atoms with Crippen LogP contribution >= 0.6 is 27.3 Å². The van der Waals surface area contributed by atoms with E-state index in [2.05, 4.69) is 15.9 Å². The Bertz CT molecular complexity index is 509. The van der Waals surface area contributed by atoms with Gasteiger partial charge in [-0.15, -0.1) is 11.3 Å². The molecule has 0 atom stereocenters. The van der Waals surface area contributed by atoms with Gasteiger partial charge in [-0.25, -0.2) is 4.84 Å². The molecule has 3 nitrogen and oxygen atoms in total. The Morgan fingerprint density at radius 2 is 2.27 bits per heavy atom. The van der Waals surface area contributed by atoms with E-state index < -0.39 is 0 Å². The summed E-state index contributed by atoms with van der Waals surface area (Å²) < 4.78 is 2.06. The third-order valence-corrected chi connectivity index (χ3v) is 3.66. The fraction of sp³-hybridized carbons (Fsp3) is 0.100. The number of carbonyl (C=O) groups is 1. The summed E-state index contributed by atoms with van der Waals surface area (Å²) in [5.74, 6) is 0. The Morgan fingerprint density at radius 3 is 2.93 bits per heavy atom. The first-order valence-electron chi connectivity index (χ1n) is 4.29. The molecule has 0 unspecified atom stereocenters. The second-order valence-corrected chi connectivity index (χ2v) is 5.00. The van der Waals surface area contributed by atoms with Gasteiger partial charge in [-0.1, -0.05) is 0 Å². The number of halogens is 1. The van der Waals surface area contributed by atoms with Crippen LogP contribution in [0.1, 0.15) is 9.67 Å². The highest BCUT2D eigenvalue weighted by Gasteiger charge is 2.08. The molecule has 0 saturated carbocycles. The Labute approximate surface area is 99.1 Å². The van der Waals surface area contributed by atoms with Crippen molar-refractivity contribution in [2.75, 3.05) is 7.11 Å². The van der Waals surface area contributed by atoms with E-state index >= 15 is 0 Å². The van der Waals surface area contributed by atoms with Gasteiger partial charge >= 0.3 is 0 Å². The maximum atomic E-state index is 10.7. The summed E-state index contributed by atoms with van der Waals surface area (Å²) in [6.07, 6.45) is 0.872. The zero-order valence-electron chi connectivity index (χ0n) is 7.99. The first kappa shape index (κ1) is 10.8. The van der Waals surface area contributed by atoms with Crippen molar-refractivity contribution >= 4 is 49.3 Å². The smallest absolute Gasteiger partial charge is 0.164 e. The van der Waals surface area contributed by atoms with Crippen molar-refractivity contribution in [3.63, 3.8) is 0 Å². The van der Waals surface area contributed by atoms with Crippen LogP contribution in [0.4, 0.5) is 5.69 Å². The van der Waals surface area contributed by atoms with Gasteiger partial charge in [-0.05, 0) is 22.0 Å². The van der Waals surface area contributed by atoms with Gasteiger partial charge in [0.2, 0.25) is 0 Å². The van der Waals surface area contributed by atoms with Gasteiger partial charge in [0, 0.05) is 26.7 Å². The second kappa shape index (κ2) is 4.40. The molecule has 1 heterocycles. The van der Waals surface area contributed by atoms with E-state index in [1.807, 2.05) is 18.2 Å². The number of quaternary nitrogens is 1. The lowest BCUT2D eigenvalue weighted by atomic mass is 10.2. The van der Waals surface area contributed by atoms with Crippen LogP contribution in [0.3, 0.4) is 0 Å². The Balaban J connectivity index is 2.59. The summed E-state index contributed by atoms with van der Waals surface area (Å²) >= 11 is 4.95. The molecule has 0 bridgehead atoms. The van der Waals surface area contributed by atoms with Crippen LogP contribution in [0.2, 0.25) is 0 Å². The largest absolute Gasteiger partial charge is 0.297 e. The normalized spacial score (nSPS) is 10.8. The average molecular weight is 287 g/mol. The van der Waals surface area contributed by atoms with Gasteiger partial charge in [0.1, 0.15) is 0 Å². The molecule has 0 radical (unpaired) electrons. The third-order valence-electron chi connectivity index (χ3n) is 2.00. The molecule has 0 aliphatic carbocycles. The monoisotopic (exact) mass is 286 g/mol. The van der Waals surface area contributed by atoms with Crippen LogP contribution < -0.4 is 5.48 Å². The van der Waals surface area contributed by atoms with E-state index in [-0.39, 0.29) is 0 Å². The summed E-state index contributed by atoms with van der Waals surface area (Å²) in [6.45, 7) is 0. The molecule has 1 aromatic carbocycles. The molecule has 15 heavy (non-hydrogen) atoms. The minimum absolute atomic E-state index is 0.736. The minimum Gasteiger partial charge on any atom is -0.297 e. The van der Waals surface area contributed by atoms with E-state index in [4.69, 9.17) is 4.84 Å². The highest BCUT2D eigenvalue weighted by molar-refractivity contribution is 9.10. The van der Waals surface area contributed by atoms with Crippen LogP contribution in [0.15, 0.2) is 22.7 Å². The standard InChI is InChI=1S/C10H8BrNO2S/c1-14-12-6-2-9(11)8-4-7(5-13)15-10(8)3-6/h2-5,12H,1H3/p+1. The van der Waals surface area contributed by atoms with E-state index in [1.165, 1.54) is 11.3 Å². The highest BCUT2D eigenvalue weighted by Crippen LogP contribution is 2.32. The predicted octanol–water partition coefficient (Wildman–Crippen LogP) is 2.23. The van der Waals surface area contributed by atoms with Gasteiger partial charge < -0.3 is 0 Å². The van der Waals surface area contributed by atoms with Gasteiger partial charge in [0.15, 0.2) is 12.0 Å². The topological polar surface area (TPSA) is 42.9 Å². The van der Waals surface area contributed by atoms with Gasteiger partial charge in [-0.3, -0.25) is 4.79 Å². The molecule has 0 aliphatic rings. The average Bonchev–Trinajstić information content (AvgIpc) is 2.62. The fourth-order valence-corrected chi connectivity index (χ4v) is 3.07. The number of rotatable bonds is 3. The van der Waals surface area contributed by atoms with Crippen molar-refractivity contribution in [1.29, 1.82) is 0 Å². The Hall–Kier alpha value is -0.750. The van der Waals surface area contributed by atoms with Crippen LogP contribution in [-0.2, 0) is 4.84 Å². The second-order valence-electron chi connectivity index (χ2n) is 3.03. The molecule has 2 aromatic rings. The van der Waals surface area contributed by atoms with Gasteiger partial charge in [0.05, 0.1) is 12.0 Å². The molecule has 1 aromatic heterocycles. The number of hydrogen-bond acceptors (Lipinski definition) is 3. The lowest BCUT2D eigenvalue weighted by Crippen LogP contribution is -2.75. The lowest BCUT2D eigenvalue weighted by Gasteiger charge is -1.98. The molecular weight excluding hydrogens is 278 g/mol. The van der Waals surface area contributed by atoms with Crippen molar-refractivity contribution in [1.82, 2.24) is 0 Å². The molecule has 5 heteroatoms. The quantitative estimate of drug-likeness (QED) is 0.534. The molecular formula is C10H9BrNO2S+. The molecule has 0 amide bonds. The van der Waals surface area contributed by atoms with E-state index in [9.17, 15) is 4.79 Å². The van der Waals surface area contributed by atoms with Crippen molar-refractivity contribution in [3.05, 3.63) is 27.5 Å². The number of thiophene rings is 1. The molecule has 2 N–H and O–H groups in total. The molecule has 0 fully saturated rings. The van der Waals surface area contributed by atoms with Crippen LogP contribution in [0, 0.1) is 0 Å².